The lowest BCUT2D eigenvalue weighted by atomic mass is 9.74. The number of nitriles is 1. The SMILES string of the molecule is N#CC1(C(=O)Nc2cccn(Cc3ccccc3)c2=O)CCCCC1. The molecule has 0 unspecified atom stereocenters. The van der Waals surface area contributed by atoms with Crippen molar-refractivity contribution in [2.24, 2.45) is 5.41 Å². The molecule has 25 heavy (non-hydrogen) atoms. The van der Waals surface area contributed by atoms with E-state index in [9.17, 15) is 14.9 Å². The number of nitrogens with zero attached hydrogens (tertiary/aromatic N) is 2. The van der Waals surface area contributed by atoms with E-state index in [1.165, 1.54) is 0 Å². The van der Waals surface area contributed by atoms with Crippen molar-refractivity contribution in [3.05, 3.63) is 64.6 Å². The Hall–Kier alpha value is -2.87. The summed E-state index contributed by atoms with van der Waals surface area (Å²) >= 11 is 0. The van der Waals surface area contributed by atoms with Crippen LogP contribution in [-0.4, -0.2) is 10.5 Å². The minimum absolute atomic E-state index is 0.226. The zero-order valence-electron chi connectivity index (χ0n) is 14.1. The number of rotatable bonds is 4. The highest BCUT2D eigenvalue weighted by atomic mass is 16.2. The summed E-state index contributed by atoms with van der Waals surface area (Å²) < 4.78 is 1.56. The molecule has 1 fully saturated rings. The van der Waals surface area contributed by atoms with Crippen molar-refractivity contribution in [1.29, 1.82) is 5.26 Å². The van der Waals surface area contributed by atoms with Crippen LogP contribution in [0.1, 0.15) is 37.7 Å². The number of carbonyl (C=O) groups excluding carboxylic acids is 1. The van der Waals surface area contributed by atoms with Gasteiger partial charge < -0.3 is 9.88 Å². The van der Waals surface area contributed by atoms with Gasteiger partial charge in [0.1, 0.15) is 11.1 Å². The van der Waals surface area contributed by atoms with Crippen LogP contribution in [-0.2, 0) is 11.3 Å². The van der Waals surface area contributed by atoms with Gasteiger partial charge in [-0.05, 0) is 30.5 Å². The molecule has 1 aromatic carbocycles. The first-order chi connectivity index (χ1) is 12.1. The van der Waals surface area contributed by atoms with E-state index < -0.39 is 5.41 Å². The summed E-state index contributed by atoms with van der Waals surface area (Å²) in [4.78, 5) is 25.3. The number of amides is 1. The number of anilines is 1. The molecule has 1 aromatic heterocycles. The van der Waals surface area contributed by atoms with Crippen LogP contribution < -0.4 is 10.9 Å². The second-order valence-electron chi connectivity index (χ2n) is 6.55. The topological polar surface area (TPSA) is 74.9 Å². The maximum atomic E-state index is 12.7. The van der Waals surface area contributed by atoms with E-state index in [2.05, 4.69) is 11.4 Å². The largest absolute Gasteiger partial charge is 0.320 e. The fraction of sp³-hybridized carbons (Fsp3) is 0.350. The van der Waals surface area contributed by atoms with E-state index in [1.54, 1.807) is 22.9 Å². The second-order valence-corrected chi connectivity index (χ2v) is 6.55. The van der Waals surface area contributed by atoms with E-state index in [-0.39, 0.29) is 17.2 Å². The molecule has 2 aromatic rings. The van der Waals surface area contributed by atoms with Crippen LogP contribution in [0.25, 0.3) is 0 Å². The first kappa shape index (κ1) is 17.0. The second kappa shape index (κ2) is 7.35. The van der Waals surface area contributed by atoms with Crippen molar-refractivity contribution < 1.29 is 4.79 Å². The van der Waals surface area contributed by atoms with Crippen LogP contribution in [0.4, 0.5) is 5.69 Å². The Morgan fingerprint density at radius 1 is 1.12 bits per heavy atom. The first-order valence-corrected chi connectivity index (χ1v) is 8.61. The molecule has 128 valence electrons. The van der Waals surface area contributed by atoms with Crippen LogP contribution in [0.5, 0.6) is 0 Å². The first-order valence-electron chi connectivity index (χ1n) is 8.61. The predicted molar refractivity (Wildman–Crippen MR) is 96.0 cm³/mol. The van der Waals surface area contributed by atoms with Gasteiger partial charge in [0, 0.05) is 6.20 Å². The predicted octanol–water partition coefficient (Wildman–Crippen LogP) is 3.31. The molecule has 1 heterocycles. The van der Waals surface area contributed by atoms with Crippen LogP contribution in [0, 0.1) is 16.7 Å². The van der Waals surface area contributed by atoms with Gasteiger partial charge in [-0.1, -0.05) is 49.6 Å². The van der Waals surface area contributed by atoms with Crippen molar-refractivity contribution in [2.45, 2.75) is 38.6 Å². The van der Waals surface area contributed by atoms with E-state index in [0.717, 1.165) is 24.8 Å². The Balaban J connectivity index is 1.81. The van der Waals surface area contributed by atoms with E-state index in [1.807, 2.05) is 30.3 Å². The van der Waals surface area contributed by atoms with Crippen LogP contribution >= 0.6 is 0 Å². The number of carbonyl (C=O) groups is 1. The molecule has 0 aliphatic heterocycles. The van der Waals surface area contributed by atoms with Gasteiger partial charge in [0.25, 0.3) is 5.56 Å². The monoisotopic (exact) mass is 335 g/mol. The third kappa shape index (κ3) is 3.63. The summed E-state index contributed by atoms with van der Waals surface area (Å²) in [6.07, 6.45) is 5.60. The molecular weight excluding hydrogens is 314 g/mol. The molecule has 0 radical (unpaired) electrons. The van der Waals surface area contributed by atoms with Crippen LogP contribution in [0.2, 0.25) is 0 Å². The van der Waals surface area contributed by atoms with Gasteiger partial charge in [0.05, 0.1) is 12.6 Å². The average Bonchev–Trinajstić information content (AvgIpc) is 2.66. The highest BCUT2D eigenvalue weighted by Crippen LogP contribution is 2.36. The molecule has 5 heteroatoms. The molecule has 0 spiro atoms. The van der Waals surface area contributed by atoms with Gasteiger partial charge in [0.15, 0.2) is 0 Å². The number of hydrogen-bond acceptors (Lipinski definition) is 3. The Bertz CT molecular complexity index is 843. The van der Waals surface area contributed by atoms with Gasteiger partial charge in [-0.3, -0.25) is 9.59 Å². The van der Waals surface area contributed by atoms with Crippen molar-refractivity contribution in [2.75, 3.05) is 5.32 Å². The van der Waals surface area contributed by atoms with Gasteiger partial charge in [0.2, 0.25) is 5.91 Å². The molecular formula is C20H21N3O2. The van der Waals surface area contributed by atoms with Crippen molar-refractivity contribution in [1.82, 2.24) is 4.57 Å². The zero-order valence-corrected chi connectivity index (χ0v) is 14.1. The summed E-state index contributed by atoms with van der Waals surface area (Å²) in [5, 5.41) is 12.2. The molecule has 0 bridgehead atoms. The van der Waals surface area contributed by atoms with Gasteiger partial charge in [-0.15, -0.1) is 0 Å². The Labute approximate surface area is 146 Å². The average molecular weight is 335 g/mol. The van der Waals surface area contributed by atoms with E-state index >= 15 is 0 Å². The highest BCUT2D eigenvalue weighted by Gasteiger charge is 2.40. The molecule has 0 saturated heterocycles. The normalized spacial score (nSPS) is 16.0. The zero-order chi connectivity index (χ0) is 17.7. The van der Waals surface area contributed by atoms with Gasteiger partial charge in [-0.25, -0.2) is 0 Å². The highest BCUT2D eigenvalue weighted by molar-refractivity contribution is 5.97. The summed E-state index contributed by atoms with van der Waals surface area (Å²) in [6, 6.07) is 15.2. The van der Waals surface area contributed by atoms with E-state index in [4.69, 9.17) is 0 Å². The molecule has 1 saturated carbocycles. The number of benzene rings is 1. The maximum Gasteiger partial charge on any atom is 0.274 e. The Morgan fingerprint density at radius 3 is 2.52 bits per heavy atom. The molecule has 0 atom stereocenters. The Morgan fingerprint density at radius 2 is 1.84 bits per heavy atom. The maximum absolute atomic E-state index is 12.7. The van der Waals surface area contributed by atoms with Gasteiger partial charge >= 0.3 is 0 Å². The summed E-state index contributed by atoms with van der Waals surface area (Å²) in [5.41, 5.74) is -0.0359. The standard InChI is InChI=1S/C20H21N3O2/c21-15-20(11-5-2-6-12-20)19(25)22-17-10-7-13-23(18(17)24)14-16-8-3-1-4-9-16/h1,3-4,7-10,13H,2,5-6,11-12,14H2,(H,22,25). The Kier molecular flexibility index (Phi) is 4.99. The third-order valence-electron chi connectivity index (χ3n) is 4.82. The summed E-state index contributed by atoms with van der Waals surface area (Å²) in [7, 11) is 0. The molecule has 1 aliphatic rings. The quantitative estimate of drug-likeness (QED) is 0.931. The molecule has 5 nitrogen and oxygen atoms in total. The van der Waals surface area contributed by atoms with Crippen molar-refractivity contribution >= 4 is 11.6 Å². The molecule has 1 aliphatic carbocycles. The number of pyridine rings is 1. The molecule has 1 N–H and O–H groups in total. The van der Waals surface area contributed by atoms with Crippen molar-refractivity contribution in [3.8, 4) is 6.07 Å². The van der Waals surface area contributed by atoms with Crippen LogP contribution in [0.3, 0.4) is 0 Å². The molecule has 3 rings (SSSR count). The summed E-state index contributed by atoms with van der Waals surface area (Å²) in [5.74, 6) is -0.357. The summed E-state index contributed by atoms with van der Waals surface area (Å²) in [6.45, 7) is 0.437. The van der Waals surface area contributed by atoms with Crippen molar-refractivity contribution in [3.63, 3.8) is 0 Å². The lowest BCUT2D eigenvalue weighted by Gasteiger charge is -2.29. The lowest BCUT2D eigenvalue weighted by Crippen LogP contribution is -2.38. The fourth-order valence-corrected chi connectivity index (χ4v) is 3.32. The molecule has 1 amide bonds. The van der Waals surface area contributed by atoms with E-state index in [0.29, 0.717) is 19.4 Å². The fourth-order valence-electron chi connectivity index (χ4n) is 3.32. The minimum atomic E-state index is -1.01. The smallest absolute Gasteiger partial charge is 0.274 e. The minimum Gasteiger partial charge on any atom is -0.320 e. The van der Waals surface area contributed by atoms with Gasteiger partial charge in [-0.2, -0.15) is 5.26 Å². The third-order valence-corrected chi connectivity index (χ3v) is 4.82. The number of aromatic nitrogens is 1. The van der Waals surface area contributed by atoms with Crippen LogP contribution in [0.15, 0.2) is 53.5 Å². The lowest BCUT2D eigenvalue weighted by molar-refractivity contribution is -0.124. The number of nitrogens with one attached hydrogen (secondary N) is 1. The number of hydrogen-bond donors (Lipinski definition) is 1.